The van der Waals surface area contributed by atoms with E-state index in [4.69, 9.17) is 4.74 Å². The Kier molecular flexibility index (Phi) is 5.34. The Hall–Kier alpha value is -2.40. The van der Waals surface area contributed by atoms with Crippen LogP contribution in [0.25, 0.3) is 0 Å². The molecule has 0 radical (unpaired) electrons. The molecule has 0 saturated carbocycles. The number of rotatable bonds is 4. The highest BCUT2D eigenvalue weighted by Gasteiger charge is 2.25. The Balaban J connectivity index is 1.73. The first-order valence-corrected chi connectivity index (χ1v) is 8.72. The maximum atomic E-state index is 12.8. The van der Waals surface area contributed by atoms with Crippen LogP contribution in [0.4, 0.5) is 0 Å². The highest BCUT2D eigenvalue weighted by molar-refractivity contribution is 5.94. The zero-order valence-corrected chi connectivity index (χ0v) is 14.7. The van der Waals surface area contributed by atoms with Crippen molar-refractivity contribution in [1.82, 2.24) is 9.88 Å². The van der Waals surface area contributed by atoms with Crippen LogP contribution in [0.1, 0.15) is 41.4 Å². The molecular weight excluding hydrogens is 316 g/mol. The summed E-state index contributed by atoms with van der Waals surface area (Å²) < 4.78 is 5.82. The number of carbonyl (C=O) groups is 1. The number of aromatic amines is 1. The van der Waals surface area contributed by atoms with E-state index < -0.39 is 0 Å². The molecule has 1 saturated heterocycles. The number of H-pyrrole nitrogens is 1. The summed E-state index contributed by atoms with van der Waals surface area (Å²) in [5.41, 5.74) is 2.20. The normalized spacial score (nSPS) is 17.7. The van der Waals surface area contributed by atoms with Gasteiger partial charge in [0.1, 0.15) is 0 Å². The number of hydrogen-bond acceptors (Lipinski definition) is 3. The fourth-order valence-electron chi connectivity index (χ4n) is 3.09. The third-order valence-corrected chi connectivity index (χ3v) is 4.47. The van der Waals surface area contributed by atoms with Gasteiger partial charge in [0.2, 0.25) is 5.56 Å². The van der Waals surface area contributed by atoms with Crippen LogP contribution >= 0.6 is 0 Å². The first kappa shape index (κ1) is 17.4. The van der Waals surface area contributed by atoms with Crippen molar-refractivity contribution in [2.45, 2.75) is 32.3 Å². The van der Waals surface area contributed by atoms with E-state index >= 15 is 0 Å². The van der Waals surface area contributed by atoms with Crippen molar-refractivity contribution in [2.75, 3.05) is 19.7 Å². The zero-order chi connectivity index (χ0) is 17.8. The molecule has 5 heteroatoms. The minimum absolute atomic E-state index is 0.0216. The Labute approximate surface area is 147 Å². The van der Waals surface area contributed by atoms with E-state index in [1.807, 2.05) is 32.0 Å². The van der Waals surface area contributed by atoms with E-state index in [0.29, 0.717) is 25.3 Å². The summed E-state index contributed by atoms with van der Waals surface area (Å²) in [6.45, 7) is 5.59. The van der Waals surface area contributed by atoms with Gasteiger partial charge in [-0.15, -0.1) is 0 Å². The fourth-order valence-corrected chi connectivity index (χ4v) is 3.09. The van der Waals surface area contributed by atoms with E-state index in [-0.39, 0.29) is 23.5 Å². The maximum absolute atomic E-state index is 12.8. The number of nitrogens with one attached hydrogen (secondary N) is 1. The number of carbonyl (C=O) groups excluding carboxylic acids is 1. The average molecular weight is 340 g/mol. The van der Waals surface area contributed by atoms with Crippen molar-refractivity contribution in [3.05, 3.63) is 69.6 Å². The topological polar surface area (TPSA) is 62.4 Å². The van der Waals surface area contributed by atoms with Crippen molar-refractivity contribution >= 4 is 5.91 Å². The van der Waals surface area contributed by atoms with Crippen LogP contribution in [0.5, 0.6) is 0 Å². The van der Waals surface area contributed by atoms with Gasteiger partial charge in [0.25, 0.3) is 5.91 Å². The first-order valence-electron chi connectivity index (χ1n) is 8.72. The van der Waals surface area contributed by atoms with Crippen molar-refractivity contribution in [3.63, 3.8) is 0 Å². The molecule has 1 atom stereocenters. The number of hydrogen-bond donors (Lipinski definition) is 1. The number of morpholine rings is 1. The number of amides is 1. The fraction of sp³-hybridized carbons (Fsp3) is 0.400. The van der Waals surface area contributed by atoms with E-state index in [1.54, 1.807) is 11.0 Å². The minimum Gasteiger partial charge on any atom is -0.374 e. The molecule has 1 aliphatic heterocycles. The lowest BCUT2D eigenvalue weighted by Gasteiger charge is -2.33. The summed E-state index contributed by atoms with van der Waals surface area (Å²) in [7, 11) is 0. The Morgan fingerprint density at radius 1 is 1.28 bits per heavy atom. The monoisotopic (exact) mass is 340 g/mol. The molecule has 1 N–H and O–H groups in total. The van der Waals surface area contributed by atoms with Gasteiger partial charge in [0.15, 0.2) is 0 Å². The highest BCUT2D eigenvalue weighted by atomic mass is 16.5. The summed E-state index contributed by atoms with van der Waals surface area (Å²) in [5.74, 6) is 0.0605. The lowest BCUT2D eigenvalue weighted by molar-refractivity contribution is -0.0208. The molecule has 1 aromatic heterocycles. The van der Waals surface area contributed by atoms with Gasteiger partial charge in [-0.2, -0.15) is 0 Å². The predicted octanol–water partition coefficient (Wildman–Crippen LogP) is 2.58. The average Bonchev–Trinajstić information content (AvgIpc) is 2.61. The molecule has 0 bridgehead atoms. The summed E-state index contributed by atoms with van der Waals surface area (Å²) in [6, 6.07) is 13.3. The van der Waals surface area contributed by atoms with Crippen LogP contribution in [-0.2, 0) is 11.2 Å². The van der Waals surface area contributed by atoms with E-state index in [1.165, 1.54) is 11.6 Å². The van der Waals surface area contributed by atoms with Crippen molar-refractivity contribution in [2.24, 2.45) is 0 Å². The van der Waals surface area contributed by atoms with Crippen LogP contribution in [0, 0.1) is 0 Å². The molecule has 1 aliphatic rings. The van der Waals surface area contributed by atoms with Gasteiger partial charge in [-0.25, -0.2) is 0 Å². The second-order valence-electron chi connectivity index (χ2n) is 6.78. The molecule has 132 valence electrons. The van der Waals surface area contributed by atoms with Gasteiger partial charge in [-0.1, -0.05) is 44.2 Å². The van der Waals surface area contributed by atoms with E-state index in [0.717, 1.165) is 12.1 Å². The molecule has 1 aromatic carbocycles. The van der Waals surface area contributed by atoms with E-state index in [9.17, 15) is 9.59 Å². The van der Waals surface area contributed by atoms with Gasteiger partial charge in [-0.05, 0) is 17.5 Å². The highest BCUT2D eigenvalue weighted by Crippen LogP contribution is 2.16. The van der Waals surface area contributed by atoms with Gasteiger partial charge < -0.3 is 14.6 Å². The largest absolute Gasteiger partial charge is 0.374 e. The third-order valence-electron chi connectivity index (χ3n) is 4.47. The number of pyridine rings is 1. The zero-order valence-electron chi connectivity index (χ0n) is 14.7. The lowest BCUT2D eigenvalue weighted by Crippen LogP contribution is -2.46. The molecule has 1 amide bonds. The van der Waals surface area contributed by atoms with Gasteiger partial charge >= 0.3 is 0 Å². The predicted molar refractivity (Wildman–Crippen MR) is 96.9 cm³/mol. The van der Waals surface area contributed by atoms with Crippen LogP contribution in [0.2, 0.25) is 0 Å². The van der Waals surface area contributed by atoms with Crippen molar-refractivity contribution < 1.29 is 9.53 Å². The Morgan fingerprint density at radius 3 is 2.76 bits per heavy atom. The van der Waals surface area contributed by atoms with Crippen LogP contribution in [-0.4, -0.2) is 41.6 Å². The molecule has 25 heavy (non-hydrogen) atoms. The second kappa shape index (κ2) is 7.66. The summed E-state index contributed by atoms with van der Waals surface area (Å²) in [6.07, 6.45) is 0.753. The molecule has 5 nitrogen and oxygen atoms in total. The summed E-state index contributed by atoms with van der Waals surface area (Å²) in [4.78, 5) is 29.3. The molecule has 1 unspecified atom stereocenters. The molecule has 2 heterocycles. The van der Waals surface area contributed by atoms with E-state index in [2.05, 4.69) is 17.1 Å². The summed E-state index contributed by atoms with van der Waals surface area (Å²) >= 11 is 0. The third kappa shape index (κ3) is 4.37. The molecule has 3 rings (SSSR count). The van der Waals surface area contributed by atoms with Crippen LogP contribution in [0.15, 0.2) is 47.3 Å². The Bertz CT molecular complexity index is 783. The maximum Gasteiger partial charge on any atom is 0.254 e. The molecular formula is C20H24N2O3. The van der Waals surface area contributed by atoms with Crippen LogP contribution < -0.4 is 5.56 Å². The number of aromatic nitrogens is 1. The Morgan fingerprint density at radius 2 is 2.04 bits per heavy atom. The smallest absolute Gasteiger partial charge is 0.254 e. The second-order valence-corrected chi connectivity index (χ2v) is 6.78. The minimum atomic E-state index is -0.233. The number of ether oxygens (including phenoxy) is 1. The van der Waals surface area contributed by atoms with Crippen LogP contribution in [0.3, 0.4) is 0 Å². The quantitative estimate of drug-likeness (QED) is 0.930. The first-order chi connectivity index (χ1) is 12.0. The standard InChI is InChI=1S/C20H24N2O3/c1-14(2)18-11-16(12-19(23)21-18)20(24)22-8-9-25-17(13-22)10-15-6-4-3-5-7-15/h3-7,11-12,14,17H,8-10,13H2,1-2H3,(H,21,23). The van der Waals surface area contributed by atoms with Crippen molar-refractivity contribution in [3.8, 4) is 0 Å². The number of nitrogens with zero attached hydrogens (tertiary/aromatic N) is 1. The summed E-state index contributed by atoms with van der Waals surface area (Å²) in [5, 5.41) is 0. The lowest BCUT2D eigenvalue weighted by atomic mass is 10.0. The van der Waals surface area contributed by atoms with Crippen molar-refractivity contribution in [1.29, 1.82) is 0 Å². The van der Waals surface area contributed by atoms with Gasteiger partial charge in [-0.3, -0.25) is 9.59 Å². The number of benzene rings is 1. The molecule has 2 aromatic rings. The van der Waals surface area contributed by atoms with Gasteiger partial charge in [0.05, 0.1) is 12.7 Å². The molecule has 1 fully saturated rings. The molecule has 0 spiro atoms. The molecule has 0 aliphatic carbocycles. The SMILES string of the molecule is CC(C)c1cc(C(=O)N2CCOC(Cc3ccccc3)C2)cc(=O)[nH]1. The van der Waals surface area contributed by atoms with Gasteiger partial charge in [0, 0.05) is 36.8 Å².